The van der Waals surface area contributed by atoms with Crippen LogP contribution in [0.2, 0.25) is 5.02 Å². The van der Waals surface area contributed by atoms with Crippen LogP contribution in [-0.2, 0) is 0 Å². The third-order valence-electron chi connectivity index (χ3n) is 3.09. The molecular weight excluding hydrogens is 314 g/mol. The Bertz CT molecular complexity index is 645. The second-order valence-electron chi connectivity index (χ2n) is 5.13. The predicted molar refractivity (Wildman–Crippen MR) is 94.7 cm³/mol. The van der Waals surface area contributed by atoms with Crippen LogP contribution in [0.5, 0.6) is 5.75 Å². The first-order valence-corrected chi connectivity index (χ1v) is 7.63. The molecule has 0 spiro atoms. The first-order chi connectivity index (χ1) is 11.0. The molecule has 0 heterocycles. The van der Waals surface area contributed by atoms with Crippen molar-refractivity contribution < 1.29 is 9.53 Å². The second-order valence-corrected chi connectivity index (χ2v) is 5.56. The largest absolute Gasteiger partial charge is 0.492 e. The lowest BCUT2D eigenvalue weighted by atomic mass is 10.2. The summed E-state index contributed by atoms with van der Waals surface area (Å²) in [5.41, 5.74) is 1.81. The first kappa shape index (κ1) is 17.0. The van der Waals surface area contributed by atoms with Crippen LogP contribution in [0.3, 0.4) is 0 Å². The Morgan fingerprint density at radius 2 is 1.91 bits per heavy atom. The van der Waals surface area contributed by atoms with Gasteiger partial charge in [-0.05, 0) is 42.5 Å². The van der Waals surface area contributed by atoms with Crippen molar-refractivity contribution in [1.82, 2.24) is 5.32 Å². The van der Waals surface area contributed by atoms with Crippen molar-refractivity contribution in [2.24, 2.45) is 0 Å². The SMILES string of the molecule is CN(C)c1ccc(NC(=O)NCCOc2cccc(Cl)c2)cc1. The highest BCUT2D eigenvalue weighted by atomic mass is 35.5. The van der Waals surface area contributed by atoms with Crippen LogP contribution < -0.4 is 20.3 Å². The molecule has 0 radical (unpaired) electrons. The van der Waals surface area contributed by atoms with E-state index < -0.39 is 0 Å². The summed E-state index contributed by atoms with van der Waals surface area (Å²) in [6, 6.07) is 14.5. The third-order valence-corrected chi connectivity index (χ3v) is 3.33. The normalized spacial score (nSPS) is 10.0. The number of ether oxygens (including phenoxy) is 1. The van der Waals surface area contributed by atoms with Crippen LogP contribution in [0.1, 0.15) is 0 Å². The van der Waals surface area contributed by atoms with Crippen LogP contribution in [0, 0.1) is 0 Å². The minimum absolute atomic E-state index is 0.266. The summed E-state index contributed by atoms with van der Waals surface area (Å²) in [6.07, 6.45) is 0. The summed E-state index contributed by atoms with van der Waals surface area (Å²) in [5, 5.41) is 6.13. The van der Waals surface area contributed by atoms with Crippen molar-refractivity contribution in [2.45, 2.75) is 0 Å². The number of urea groups is 1. The number of rotatable bonds is 6. The lowest BCUT2D eigenvalue weighted by molar-refractivity contribution is 0.247. The fourth-order valence-corrected chi connectivity index (χ4v) is 2.09. The summed E-state index contributed by atoms with van der Waals surface area (Å²) in [5.74, 6) is 0.680. The molecule has 2 amide bonds. The highest BCUT2D eigenvalue weighted by molar-refractivity contribution is 6.30. The molecule has 5 nitrogen and oxygen atoms in total. The highest BCUT2D eigenvalue weighted by Gasteiger charge is 2.02. The van der Waals surface area contributed by atoms with E-state index in [0.717, 1.165) is 11.4 Å². The van der Waals surface area contributed by atoms with Gasteiger partial charge in [0.2, 0.25) is 0 Å². The number of nitrogens with one attached hydrogen (secondary N) is 2. The molecule has 0 unspecified atom stereocenters. The van der Waals surface area contributed by atoms with E-state index >= 15 is 0 Å². The maximum atomic E-state index is 11.8. The number of carbonyl (C=O) groups is 1. The van der Waals surface area contributed by atoms with Crippen LogP contribution >= 0.6 is 11.6 Å². The number of hydrogen-bond donors (Lipinski definition) is 2. The van der Waals surface area contributed by atoms with Gasteiger partial charge >= 0.3 is 6.03 Å². The van der Waals surface area contributed by atoms with E-state index in [9.17, 15) is 4.79 Å². The molecule has 0 aliphatic rings. The number of hydrogen-bond acceptors (Lipinski definition) is 3. The molecule has 0 saturated carbocycles. The number of nitrogens with zero attached hydrogens (tertiary/aromatic N) is 1. The Morgan fingerprint density at radius 1 is 1.17 bits per heavy atom. The van der Waals surface area contributed by atoms with Crippen molar-refractivity contribution >= 4 is 29.0 Å². The average molecular weight is 334 g/mol. The molecule has 2 rings (SSSR count). The minimum atomic E-state index is -0.266. The van der Waals surface area contributed by atoms with Gasteiger partial charge < -0.3 is 20.3 Å². The summed E-state index contributed by atoms with van der Waals surface area (Å²) in [7, 11) is 3.93. The predicted octanol–water partition coefficient (Wildman–Crippen LogP) is 3.61. The smallest absolute Gasteiger partial charge is 0.319 e. The molecule has 0 fully saturated rings. The molecular formula is C17H20ClN3O2. The number of amides is 2. The zero-order valence-corrected chi connectivity index (χ0v) is 13.9. The molecule has 0 saturated heterocycles. The Kier molecular flexibility index (Phi) is 6.11. The van der Waals surface area contributed by atoms with E-state index in [4.69, 9.17) is 16.3 Å². The molecule has 23 heavy (non-hydrogen) atoms. The number of anilines is 2. The Morgan fingerprint density at radius 3 is 2.57 bits per heavy atom. The minimum Gasteiger partial charge on any atom is -0.492 e. The monoisotopic (exact) mass is 333 g/mol. The second kappa shape index (κ2) is 8.29. The zero-order chi connectivity index (χ0) is 16.7. The van der Waals surface area contributed by atoms with Crippen molar-refractivity contribution in [3.63, 3.8) is 0 Å². The maximum Gasteiger partial charge on any atom is 0.319 e. The summed E-state index contributed by atoms with van der Waals surface area (Å²) in [6.45, 7) is 0.765. The van der Waals surface area contributed by atoms with Gasteiger partial charge in [0.15, 0.2) is 0 Å². The van der Waals surface area contributed by atoms with Crippen molar-refractivity contribution in [1.29, 1.82) is 0 Å². The standard InChI is InChI=1S/C17H20ClN3O2/c1-21(2)15-8-6-14(7-9-15)20-17(22)19-10-11-23-16-5-3-4-13(18)12-16/h3-9,12H,10-11H2,1-2H3,(H2,19,20,22). The van der Waals surface area contributed by atoms with Crippen molar-refractivity contribution in [3.8, 4) is 5.75 Å². The van der Waals surface area contributed by atoms with Gasteiger partial charge in [0.05, 0.1) is 6.54 Å². The fourth-order valence-electron chi connectivity index (χ4n) is 1.91. The van der Waals surface area contributed by atoms with Crippen molar-refractivity contribution in [3.05, 3.63) is 53.6 Å². The summed E-state index contributed by atoms with van der Waals surface area (Å²) in [4.78, 5) is 13.8. The topological polar surface area (TPSA) is 53.6 Å². The van der Waals surface area contributed by atoms with Gasteiger partial charge in [-0.3, -0.25) is 0 Å². The molecule has 0 aliphatic heterocycles. The Balaban J connectivity index is 1.70. The van der Waals surface area contributed by atoms with Gasteiger partial charge in [-0.25, -0.2) is 4.79 Å². The van der Waals surface area contributed by atoms with E-state index in [1.807, 2.05) is 55.4 Å². The molecule has 2 aromatic carbocycles. The van der Waals surface area contributed by atoms with Gasteiger partial charge in [-0.1, -0.05) is 17.7 Å². The average Bonchev–Trinajstić information content (AvgIpc) is 2.52. The first-order valence-electron chi connectivity index (χ1n) is 7.25. The highest BCUT2D eigenvalue weighted by Crippen LogP contribution is 2.17. The van der Waals surface area contributed by atoms with E-state index in [1.165, 1.54) is 0 Å². The quantitative estimate of drug-likeness (QED) is 0.794. The van der Waals surface area contributed by atoms with E-state index in [2.05, 4.69) is 10.6 Å². The third kappa shape index (κ3) is 5.71. The van der Waals surface area contributed by atoms with E-state index in [0.29, 0.717) is 23.9 Å². The van der Waals surface area contributed by atoms with E-state index in [1.54, 1.807) is 12.1 Å². The number of halogens is 1. The molecule has 0 aliphatic carbocycles. The molecule has 0 bridgehead atoms. The van der Waals surface area contributed by atoms with Crippen LogP contribution in [0.4, 0.5) is 16.2 Å². The van der Waals surface area contributed by atoms with Crippen LogP contribution in [-0.4, -0.2) is 33.3 Å². The van der Waals surface area contributed by atoms with Gasteiger partial charge in [0.25, 0.3) is 0 Å². The summed E-state index contributed by atoms with van der Waals surface area (Å²) >= 11 is 5.87. The number of carbonyl (C=O) groups excluding carboxylic acids is 1. The molecule has 122 valence electrons. The van der Waals surface area contributed by atoms with Crippen molar-refractivity contribution in [2.75, 3.05) is 37.5 Å². The van der Waals surface area contributed by atoms with Gasteiger partial charge in [0, 0.05) is 30.5 Å². The lowest BCUT2D eigenvalue weighted by Gasteiger charge is -2.13. The van der Waals surface area contributed by atoms with Crippen LogP contribution in [0.25, 0.3) is 0 Å². The van der Waals surface area contributed by atoms with E-state index in [-0.39, 0.29) is 6.03 Å². The maximum absolute atomic E-state index is 11.8. The lowest BCUT2D eigenvalue weighted by Crippen LogP contribution is -2.32. The molecule has 0 aromatic heterocycles. The summed E-state index contributed by atoms with van der Waals surface area (Å²) < 4.78 is 5.50. The Labute approximate surface area is 141 Å². The van der Waals surface area contributed by atoms with Crippen LogP contribution in [0.15, 0.2) is 48.5 Å². The number of benzene rings is 2. The zero-order valence-electron chi connectivity index (χ0n) is 13.2. The molecule has 2 aromatic rings. The van der Waals surface area contributed by atoms with Gasteiger partial charge in [-0.2, -0.15) is 0 Å². The molecule has 0 atom stereocenters. The van der Waals surface area contributed by atoms with Gasteiger partial charge in [0.1, 0.15) is 12.4 Å². The molecule has 6 heteroatoms. The molecule has 2 N–H and O–H groups in total. The Hall–Kier alpha value is -2.40. The fraction of sp³-hybridized carbons (Fsp3) is 0.235. The van der Waals surface area contributed by atoms with Gasteiger partial charge in [-0.15, -0.1) is 0 Å².